The summed E-state index contributed by atoms with van der Waals surface area (Å²) in [6.45, 7) is 4.15. The lowest BCUT2D eigenvalue weighted by molar-refractivity contribution is -0.124. The predicted octanol–water partition coefficient (Wildman–Crippen LogP) is 2.26. The van der Waals surface area contributed by atoms with Crippen molar-refractivity contribution in [3.8, 4) is 5.75 Å². The van der Waals surface area contributed by atoms with E-state index in [2.05, 4.69) is 5.32 Å². The van der Waals surface area contributed by atoms with E-state index in [-0.39, 0.29) is 24.3 Å². The number of nitrogens with one attached hydrogen (secondary N) is 1. The van der Waals surface area contributed by atoms with E-state index in [1.807, 2.05) is 11.8 Å². The average Bonchev–Trinajstić information content (AvgIpc) is 2.54. The first-order valence-electron chi connectivity index (χ1n) is 8.23. The van der Waals surface area contributed by atoms with Gasteiger partial charge in [-0.25, -0.2) is 0 Å². The van der Waals surface area contributed by atoms with Crippen LogP contribution in [0.25, 0.3) is 0 Å². The maximum atomic E-state index is 12.4. The Morgan fingerprint density at radius 2 is 2.25 bits per heavy atom. The van der Waals surface area contributed by atoms with Crippen molar-refractivity contribution in [1.82, 2.24) is 4.90 Å². The van der Waals surface area contributed by atoms with Crippen molar-refractivity contribution in [1.29, 1.82) is 0 Å². The molecule has 1 atom stereocenters. The first-order valence-corrected chi connectivity index (χ1v) is 8.61. The molecule has 1 fully saturated rings. The fourth-order valence-corrected chi connectivity index (χ4v) is 3.02. The van der Waals surface area contributed by atoms with Gasteiger partial charge in [-0.05, 0) is 44.0 Å². The predicted molar refractivity (Wildman–Crippen MR) is 94.2 cm³/mol. The van der Waals surface area contributed by atoms with E-state index in [1.165, 1.54) is 0 Å². The van der Waals surface area contributed by atoms with Crippen LogP contribution in [0.3, 0.4) is 0 Å². The van der Waals surface area contributed by atoms with E-state index in [0.717, 1.165) is 25.8 Å². The summed E-state index contributed by atoms with van der Waals surface area (Å²) in [7, 11) is 0. The minimum atomic E-state index is -0.370. The number of rotatable bonds is 7. The molecule has 1 aromatic rings. The number of primary amides is 1. The maximum Gasteiger partial charge on any atom is 0.231 e. The summed E-state index contributed by atoms with van der Waals surface area (Å²) in [5.41, 5.74) is 5.87. The fourth-order valence-electron chi connectivity index (χ4n) is 2.79. The fraction of sp³-hybridized carbons (Fsp3) is 0.529. The number of piperidine rings is 1. The highest BCUT2D eigenvalue weighted by Crippen LogP contribution is 2.28. The molecule has 1 heterocycles. The number of amides is 2. The Morgan fingerprint density at radius 3 is 2.92 bits per heavy atom. The zero-order valence-corrected chi connectivity index (χ0v) is 14.6. The van der Waals surface area contributed by atoms with Gasteiger partial charge in [0.15, 0.2) is 0 Å². The number of likely N-dealkylation sites (tertiary alicyclic amines) is 1. The summed E-state index contributed by atoms with van der Waals surface area (Å²) < 4.78 is 5.52. The van der Waals surface area contributed by atoms with Gasteiger partial charge in [-0.15, -0.1) is 0 Å². The normalized spacial score (nSPS) is 18.2. The molecule has 1 aliphatic rings. The van der Waals surface area contributed by atoms with E-state index in [9.17, 15) is 9.59 Å². The molecule has 2 amide bonds. The monoisotopic (exact) mass is 353 g/mol. The molecule has 2 rings (SSSR count). The Balaban J connectivity index is 1.93. The number of anilines is 1. The number of nitrogens with zero attached hydrogens (tertiary/aromatic N) is 1. The van der Waals surface area contributed by atoms with Gasteiger partial charge in [0.2, 0.25) is 11.8 Å². The molecule has 3 N–H and O–H groups in total. The van der Waals surface area contributed by atoms with Gasteiger partial charge < -0.3 is 15.8 Å². The summed E-state index contributed by atoms with van der Waals surface area (Å²) in [5.74, 6) is 0.0164. The SMILES string of the molecule is CCCOc1ccc(NC(=O)C2CCCN(CC(N)=O)C2)cc1Cl. The molecule has 0 aliphatic carbocycles. The van der Waals surface area contributed by atoms with Crippen molar-refractivity contribution in [2.75, 3.05) is 31.6 Å². The van der Waals surface area contributed by atoms with Crippen LogP contribution in [0, 0.1) is 5.92 Å². The van der Waals surface area contributed by atoms with Crippen LogP contribution >= 0.6 is 11.6 Å². The number of benzene rings is 1. The molecular formula is C17H24ClN3O3. The second kappa shape index (κ2) is 8.89. The molecule has 0 bridgehead atoms. The molecule has 24 heavy (non-hydrogen) atoms. The quantitative estimate of drug-likeness (QED) is 0.787. The second-order valence-corrected chi connectivity index (χ2v) is 6.43. The Bertz CT molecular complexity index is 594. The molecule has 6 nitrogen and oxygen atoms in total. The van der Waals surface area contributed by atoms with Crippen molar-refractivity contribution in [3.63, 3.8) is 0 Å². The highest BCUT2D eigenvalue weighted by molar-refractivity contribution is 6.32. The number of halogens is 1. The van der Waals surface area contributed by atoms with Crippen LogP contribution in [-0.2, 0) is 9.59 Å². The van der Waals surface area contributed by atoms with Crippen LogP contribution in [-0.4, -0.2) is 43.0 Å². The van der Waals surface area contributed by atoms with E-state index in [0.29, 0.717) is 29.6 Å². The lowest BCUT2D eigenvalue weighted by atomic mass is 9.97. The van der Waals surface area contributed by atoms with E-state index < -0.39 is 0 Å². The van der Waals surface area contributed by atoms with Gasteiger partial charge in [0.1, 0.15) is 5.75 Å². The molecule has 0 saturated carbocycles. The van der Waals surface area contributed by atoms with Crippen LogP contribution in [0.2, 0.25) is 5.02 Å². The summed E-state index contributed by atoms with van der Waals surface area (Å²) in [4.78, 5) is 25.4. The molecular weight excluding hydrogens is 330 g/mol. The average molecular weight is 354 g/mol. The number of carbonyl (C=O) groups excluding carboxylic acids is 2. The number of hydrogen-bond donors (Lipinski definition) is 2. The van der Waals surface area contributed by atoms with Crippen molar-refractivity contribution < 1.29 is 14.3 Å². The second-order valence-electron chi connectivity index (χ2n) is 6.02. The van der Waals surface area contributed by atoms with Crippen LogP contribution < -0.4 is 15.8 Å². The number of ether oxygens (including phenoxy) is 1. The van der Waals surface area contributed by atoms with Gasteiger partial charge in [-0.3, -0.25) is 14.5 Å². The first kappa shape index (κ1) is 18.5. The largest absolute Gasteiger partial charge is 0.492 e. The summed E-state index contributed by atoms with van der Waals surface area (Å²) in [5, 5.41) is 3.36. The standard InChI is InChI=1S/C17H24ClN3O3/c1-2-8-24-15-6-5-13(9-14(15)18)20-17(23)12-4-3-7-21(10-12)11-16(19)22/h5-6,9,12H,2-4,7-8,10-11H2,1H3,(H2,19,22)(H,20,23). The zero-order chi connectivity index (χ0) is 17.5. The van der Waals surface area contributed by atoms with Gasteiger partial charge in [0.25, 0.3) is 0 Å². The maximum absolute atomic E-state index is 12.4. The Labute approximate surface area is 147 Å². The topological polar surface area (TPSA) is 84.7 Å². The zero-order valence-electron chi connectivity index (χ0n) is 13.9. The molecule has 0 spiro atoms. The minimum Gasteiger partial charge on any atom is -0.492 e. The molecule has 0 radical (unpaired) electrons. The molecule has 1 aliphatic heterocycles. The summed E-state index contributed by atoms with van der Waals surface area (Å²) >= 11 is 6.18. The third-order valence-electron chi connectivity index (χ3n) is 3.92. The molecule has 7 heteroatoms. The van der Waals surface area contributed by atoms with Crippen molar-refractivity contribution in [2.24, 2.45) is 11.7 Å². The summed E-state index contributed by atoms with van der Waals surface area (Å²) in [6, 6.07) is 5.22. The third-order valence-corrected chi connectivity index (χ3v) is 4.21. The number of carbonyl (C=O) groups is 2. The van der Waals surface area contributed by atoms with Crippen molar-refractivity contribution in [2.45, 2.75) is 26.2 Å². The van der Waals surface area contributed by atoms with Gasteiger partial charge >= 0.3 is 0 Å². The van der Waals surface area contributed by atoms with Crippen LogP contribution in [0.1, 0.15) is 26.2 Å². The molecule has 1 unspecified atom stereocenters. The third kappa shape index (κ3) is 5.39. The minimum absolute atomic E-state index is 0.0672. The Kier molecular flexibility index (Phi) is 6.87. The van der Waals surface area contributed by atoms with E-state index in [1.54, 1.807) is 18.2 Å². The highest BCUT2D eigenvalue weighted by Gasteiger charge is 2.26. The smallest absolute Gasteiger partial charge is 0.231 e. The Hall–Kier alpha value is -1.79. The molecule has 1 aromatic carbocycles. The number of nitrogens with two attached hydrogens (primary N) is 1. The van der Waals surface area contributed by atoms with Crippen LogP contribution in [0.5, 0.6) is 5.75 Å². The van der Waals surface area contributed by atoms with Crippen molar-refractivity contribution >= 4 is 29.1 Å². The Morgan fingerprint density at radius 1 is 1.46 bits per heavy atom. The molecule has 0 aromatic heterocycles. The van der Waals surface area contributed by atoms with Crippen molar-refractivity contribution in [3.05, 3.63) is 23.2 Å². The number of hydrogen-bond acceptors (Lipinski definition) is 4. The van der Waals surface area contributed by atoms with Gasteiger partial charge in [0, 0.05) is 12.2 Å². The lowest BCUT2D eigenvalue weighted by Crippen LogP contribution is -2.44. The van der Waals surface area contributed by atoms with Crippen LogP contribution in [0.4, 0.5) is 5.69 Å². The first-order chi connectivity index (χ1) is 11.5. The van der Waals surface area contributed by atoms with Gasteiger partial charge in [-0.2, -0.15) is 0 Å². The molecule has 1 saturated heterocycles. The summed E-state index contributed by atoms with van der Waals surface area (Å²) in [6.07, 6.45) is 2.57. The van der Waals surface area contributed by atoms with E-state index >= 15 is 0 Å². The molecule has 132 valence electrons. The van der Waals surface area contributed by atoms with Crippen LogP contribution in [0.15, 0.2) is 18.2 Å². The highest BCUT2D eigenvalue weighted by atomic mass is 35.5. The van der Waals surface area contributed by atoms with Gasteiger partial charge in [-0.1, -0.05) is 18.5 Å². The lowest BCUT2D eigenvalue weighted by Gasteiger charge is -2.31. The van der Waals surface area contributed by atoms with Gasteiger partial charge in [0.05, 0.1) is 24.1 Å². The van der Waals surface area contributed by atoms with E-state index in [4.69, 9.17) is 22.1 Å².